The summed E-state index contributed by atoms with van der Waals surface area (Å²) in [5.41, 5.74) is 0.608. The second kappa shape index (κ2) is 8.41. The number of nitrogens with zero attached hydrogens (tertiary/aromatic N) is 1. The molecule has 2 aromatic rings. The molecule has 1 aromatic heterocycles. The van der Waals surface area contributed by atoms with Gasteiger partial charge >= 0.3 is 5.97 Å². The molecule has 0 saturated heterocycles. The predicted molar refractivity (Wildman–Crippen MR) is 89.9 cm³/mol. The summed E-state index contributed by atoms with van der Waals surface area (Å²) in [6.07, 6.45) is -0.717. The largest absolute Gasteiger partial charge is 0.447 e. The van der Waals surface area contributed by atoms with Gasteiger partial charge in [0.05, 0.1) is 0 Å². The Kier molecular flexibility index (Phi) is 6.53. The lowest BCUT2D eigenvalue weighted by atomic mass is 10.2. The van der Waals surface area contributed by atoms with Gasteiger partial charge in [-0.2, -0.15) is 4.37 Å². The molecule has 1 N–H and O–H groups in total. The van der Waals surface area contributed by atoms with E-state index < -0.39 is 18.0 Å². The number of hydrogen-bond donors (Lipinski definition) is 1. The topological polar surface area (TPSA) is 68.3 Å². The highest BCUT2D eigenvalue weighted by atomic mass is 35.5. The third-order valence-corrected chi connectivity index (χ3v) is 4.69. The summed E-state index contributed by atoms with van der Waals surface area (Å²) in [5, 5.41) is 2.64. The molecule has 0 aliphatic carbocycles. The number of aromatic nitrogens is 1. The smallest absolute Gasteiger partial charge is 0.360 e. The number of rotatable bonds is 6. The minimum absolute atomic E-state index is 0.00763. The maximum Gasteiger partial charge on any atom is 0.360 e. The van der Waals surface area contributed by atoms with Crippen LogP contribution >= 0.6 is 34.7 Å². The first-order valence-corrected chi connectivity index (χ1v) is 8.49. The number of carbonyl (C=O) groups excluding carboxylic acids is 2. The monoisotopic (exact) mass is 390 g/mol. The molecule has 1 unspecified atom stereocenters. The van der Waals surface area contributed by atoms with E-state index in [0.717, 1.165) is 17.1 Å². The Morgan fingerprint density at radius 2 is 2.00 bits per heavy atom. The molecule has 24 heavy (non-hydrogen) atoms. The Balaban J connectivity index is 1.94. The Hall–Kier alpha value is -1.70. The maximum absolute atomic E-state index is 12.8. The average molecular weight is 391 g/mol. The molecule has 2 rings (SSSR count). The van der Waals surface area contributed by atoms with Gasteiger partial charge < -0.3 is 10.1 Å². The Morgan fingerprint density at radius 1 is 1.33 bits per heavy atom. The molecule has 0 saturated carbocycles. The van der Waals surface area contributed by atoms with E-state index in [1.165, 1.54) is 12.1 Å². The lowest BCUT2D eigenvalue weighted by molar-refractivity contribution is -0.130. The summed E-state index contributed by atoms with van der Waals surface area (Å²) in [6, 6.07) is 5.71. The van der Waals surface area contributed by atoms with Crippen molar-refractivity contribution in [1.29, 1.82) is 0 Å². The van der Waals surface area contributed by atoms with E-state index in [0.29, 0.717) is 0 Å². The highest BCUT2D eigenvalue weighted by Gasteiger charge is 2.25. The van der Waals surface area contributed by atoms with Crippen molar-refractivity contribution >= 4 is 46.6 Å². The molecule has 1 amide bonds. The molecule has 0 aliphatic heterocycles. The van der Waals surface area contributed by atoms with Crippen molar-refractivity contribution in [2.24, 2.45) is 0 Å². The lowest BCUT2D eigenvalue weighted by Crippen LogP contribution is -2.37. The summed E-state index contributed by atoms with van der Waals surface area (Å²) in [4.78, 5) is 24.2. The molecule has 0 bridgehead atoms. The van der Waals surface area contributed by atoms with Gasteiger partial charge in [-0.1, -0.05) is 42.3 Å². The van der Waals surface area contributed by atoms with Gasteiger partial charge in [0.1, 0.15) is 15.2 Å². The quantitative estimate of drug-likeness (QED) is 0.760. The van der Waals surface area contributed by atoms with Crippen molar-refractivity contribution < 1.29 is 18.7 Å². The normalized spacial score (nSPS) is 11.8. The van der Waals surface area contributed by atoms with Gasteiger partial charge in [-0.25, -0.2) is 9.18 Å². The fraction of sp³-hybridized carbons (Fsp3) is 0.267. The number of benzene rings is 1. The molecule has 5 nitrogen and oxygen atoms in total. The zero-order chi connectivity index (χ0) is 17.7. The first-order valence-electron chi connectivity index (χ1n) is 6.96. The van der Waals surface area contributed by atoms with Gasteiger partial charge in [0.25, 0.3) is 5.91 Å². The number of amides is 1. The van der Waals surface area contributed by atoms with Crippen LogP contribution in [0.25, 0.3) is 0 Å². The van der Waals surface area contributed by atoms with Gasteiger partial charge in [0, 0.05) is 6.54 Å². The summed E-state index contributed by atoms with van der Waals surface area (Å²) in [6.45, 7) is 1.89. The van der Waals surface area contributed by atoms with Crippen LogP contribution in [0.2, 0.25) is 9.36 Å². The minimum atomic E-state index is -0.991. The minimum Gasteiger partial charge on any atom is -0.447 e. The molecule has 0 aliphatic rings. The summed E-state index contributed by atoms with van der Waals surface area (Å²) in [5.74, 6) is -1.64. The first-order chi connectivity index (χ1) is 11.4. The first kappa shape index (κ1) is 18.6. The molecule has 1 heterocycles. The van der Waals surface area contributed by atoms with Crippen molar-refractivity contribution in [2.45, 2.75) is 26.0 Å². The number of carbonyl (C=O) groups is 2. The Bertz CT molecular complexity index is 737. The number of nitrogens with one attached hydrogen (secondary N) is 1. The van der Waals surface area contributed by atoms with E-state index in [-0.39, 0.29) is 33.8 Å². The van der Waals surface area contributed by atoms with Gasteiger partial charge in [0.2, 0.25) is 0 Å². The molecule has 1 aromatic carbocycles. The standard InChI is InChI=1S/C15H13Cl2FN2O3S/c1-2-10(23-15(22)12-11(16)13(17)24-20-12)14(21)19-7-8-3-5-9(18)6-4-8/h3-6,10H,2,7H2,1H3,(H,19,21). The fourth-order valence-electron chi connectivity index (χ4n) is 1.80. The lowest BCUT2D eigenvalue weighted by Gasteiger charge is -2.15. The van der Waals surface area contributed by atoms with E-state index >= 15 is 0 Å². The molecule has 0 spiro atoms. The fourth-order valence-corrected chi connectivity index (χ4v) is 2.78. The highest BCUT2D eigenvalue weighted by Crippen LogP contribution is 2.30. The van der Waals surface area contributed by atoms with E-state index in [4.69, 9.17) is 27.9 Å². The van der Waals surface area contributed by atoms with E-state index in [9.17, 15) is 14.0 Å². The molecular formula is C15H13Cl2FN2O3S. The van der Waals surface area contributed by atoms with Crippen LogP contribution in [-0.2, 0) is 16.1 Å². The number of ether oxygens (including phenoxy) is 1. The Labute approximate surface area is 151 Å². The zero-order valence-corrected chi connectivity index (χ0v) is 14.8. The van der Waals surface area contributed by atoms with Crippen molar-refractivity contribution in [3.8, 4) is 0 Å². The van der Waals surface area contributed by atoms with Crippen molar-refractivity contribution in [3.63, 3.8) is 0 Å². The molecule has 0 fully saturated rings. The van der Waals surface area contributed by atoms with Gasteiger partial charge in [0.15, 0.2) is 11.8 Å². The highest BCUT2D eigenvalue weighted by molar-refractivity contribution is 7.11. The zero-order valence-electron chi connectivity index (χ0n) is 12.5. The second-order valence-corrected chi connectivity index (χ2v) is 6.52. The number of hydrogen-bond acceptors (Lipinski definition) is 5. The van der Waals surface area contributed by atoms with Crippen LogP contribution in [0.4, 0.5) is 4.39 Å². The van der Waals surface area contributed by atoms with Crippen LogP contribution in [0.15, 0.2) is 24.3 Å². The predicted octanol–water partition coefficient (Wildman–Crippen LogP) is 3.84. The van der Waals surface area contributed by atoms with E-state index in [2.05, 4.69) is 9.69 Å². The van der Waals surface area contributed by atoms with Gasteiger partial charge in [-0.05, 0) is 35.6 Å². The van der Waals surface area contributed by atoms with Crippen LogP contribution < -0.4 is 5.32 Å². The summed E-state index contributed by atoms with van der Waals surface area (Å²) < 4.78 is 22.0. The average Bonchev–Trinajstić information content (AvgIpc) is 2.91. The van der Waals surface area contributed by atoms with Crippen molar-refractivity contribution in [3.05, 3.63) is 50.7 Å². The van der Waals surface area contributed by atoms with Crippen LogP contribution in [0.1, 0.15) is 29.4 Å². The third kappa shape index (κ3) is 4.66. The Morgan fingerprint density at radius 3 is 2.54 bits per heavy atom. The summed E-state index contributed by atoms with van der Waals surface area (Å²) >= 11 is 12.5. The third-order valence-electron chi connectivity index (χ3n) is 3.08. The van der Waals surface area contributed by atoms with Crippen LogP contribution in [-0.4, -0.2) is 22.4 Å². The SMILES string of the molecule is CCC(OC(=O)c1nsc(Cl)c1Cl)C(=O)NCc1ccc(F)cc1. The van der Waals surface area contributed by atoms with Crippen molar-refractivity contribution in [1.82, 2.24) is 9.69 Å². The second-order valence-electron chi connectivity index (χ2n) is 4.77. The number of esters is 1. The summed E-state index contributed by atoms with van der Waals surface area (Å²) in [7, 11) is 0. The van der Waals surface area contributed by atoms with Crippen LogP contribution in [0.5, 0.6) is 0 Å². The molecule has 0 radical (unpaired) electrons. The maximum atomic E-state index is 12.8. The molecule has 9 heteroatoms. The van der Waals surface area contributed by atoms with Crippen LogP contribution in [0, 0.1) is 5.82 Å². The molecular weight excluding hydrogens is 378 g/mol. The number of halogens is 3. The molecule has 128 valence electrons. The van der Waals surface area contributed by atoms with Crippen LogP contribution in [0.3, 0.4) is 0 Å². The van der Waals surface area contributed by atoms with Gasteiger partial charge in [-0.15, -0.1) is 0 Å². The molecule has 1 atom stereocenters. The van der Waals surface area contributed by atoms with Crippen molar-refractivity contribution in [2.75, 3.05) is 0 Å². The van der Waals surface area contributed by atoms with Gasteiger partial charge in [-0.3, -0.25) is 4.79 Å². The van der Waals surface area contributed by atoms with E-state index in [1.807, 2.05) is 0 Å². The van der Waals surface area contributed by atoms with E-state index in [1.54, 1.807) is 19.1 Å².